The summed E-state index contributed by atoms with van der Waals surface area (Å²) >= 11 is 0. The van der Waals surface area contributed by atoms with E-state index in [9.17, 15) is 0 Å². The average molecular weight is 293 g/mol. The second-order valence-electron chi connectivity index (χ2n) is 6.67. The molecule has 1 aliphatic heterocycles. The molecule has 2 aromatic carbocycles. The van der Waals surface area contributed by atoms with Crippen LogP contribution in [0.4, 0.5) is 0 Å². The molecule has 1 unspecified atom stereocenters. The summed E-state index contributed by atoms with van der Waals surface area (Å²) in [5.41, 5.74) is 2.91. The van der Waals surface area contributed by atoms with E-state index in [0.29, 0.717) is 5.92 Å². The second kappa shape index (κ2) is 7.60. The van der Waals surface area contributed by atoms with Crippen LogP contribution in [0.15, 0.2) is 60.7 Å². The fourth-order valence-corrected chi connectivity index (χ4v) is 3.81. The highest BCUT2D eigenvalue weighted by Gasteiger charge is 2.24. The van der Waals surface area contributed by atoms with Gasteiger partial charge in [0.05, 0.1) is 0 Å². The van der Waals surface area contributed by atoms with Crippen molar-refractivity contribution in [3.63, 3.8) is 0 Å². The lowest BCUT2D eigenvalue weighted by Crippen LogP contribution is -2.31. The Labute approximate surface area is 134 Å². The third-order valence-corrected chi connectivity index (χ3v) is 5.20. The van der Waals surface area contributed by atoms with Gasteiger partial charge >= 0.3 is 0 Å². The third-order valence-electron chi connectivity index (χ3n) is 5.20. The van der Waals surface area contributed by atoms with Crippen LogP contribution in [-0.4, -0.2) is 13.1 Å². The molecule has 0 aromatic heterocycles. The van der Waals surface area contributed by atoms with E-state index in [4.69, 9.17) is 0 Å². The predicted octanol–water partition coefficient (Wildman–Crippen LogP) is 4.84. The van der Waals surface area contributed by atoms with Gasteiger partial charge in [0.25, 0.3) is 0 Å². The standard InChI is InChI=1S/C21H27N/c1-17(18-12-14-22-15-13-18)16-21(19-8-4-2-5-9-19)20-10-6-3-7-11-20/h2-11,17-18,21-22H,12-16H2,1H3. The minimum absolute atomic E-state index is 0.521. The molecule has 1 heteroatoms. The first-order chi connectivity index (χ1) is 10.8. The Morgan fingerprint density at radius 1 is 0.864 bits per heavy atom. The van der Waals surface area contributed by atoms with E-state index in [-0.39, 0.29) is 0 Å². The molecule has 0 bridgehead atoms. The van der Waals surface area contributed by atoms with Gasteiger partial charge in [0.2, 0.25) is 0 Å². The first-order valence-corrected chi connectivity index (χ1v) is 8.65. The first kappa shape index (κ1) is 15.3. The summed E-state index contributed by atoms with van der Waals surface area (Å²) < 4.78 is 0. The summed E-state index contributed by atoms with van der Waals surface area (Å²) in [6, 6.07) is 22.0. The van der Waals surface area contributed by atoms with Gasteiger partial charge in [0.1, 0.15) is 0 Å². The monoisotopic (exact) mass is 293 g/mol. The van der Waals surface area contributed by atoms with Crippen molar-refractivity contribution in [2.45, 2.75) is 32.1 Å². The van der Waals surface area contributed by atoms with E-state index in [0.717, 1.165) is 11.8 Å². The topological polar surface area (TPSA) is 12.0 Å². The minimum atomic E-state index is 0.521. The highest BCUT2D eigenvalue weighted by Crippen LogP contribution is 2.35. The van der Waals surface area contributed by atoms with Crippen molar-refractivity contribution in [3.8, 4) is 0 Å². The number of nitrogens with one attached hydrogen (secondary N) is 1. The van der Waals surface area contributed by atoms with E-state index in [2.05, 4.69) is 72.9 Å². The summed E-state index contributed by atoms with van der Waals surface area (Å²) in [4.78, 5) is 0. The number of piperidine rings is 1. The van der Waals surface area contributed by atoms with Gasteiger partial charge in [-0.3, -0.25) is 0 Å². The highest BCUT2D eigenvalue weighted by molar-refractivity contribution is 5.32. The Morgan fingerprint density at radius 2 is 1.36 bits per heavy atom. The molecule has 1 atom stereocenters. The number of rotatable bonds is 5. The number of benzene rings is 2. The van der Waals surface area contributed by atoms with Crippen LogP contribution in [0.5, 0.6) is 0 Å². The van der Waals surface area contributed by atoms with Crippen molar-refractivity contribution in [3.05, 3.63) is 71.8 Å². The van der Waals surface area contributed by atoms with Crippen molar-refractivity contribution < 1.29 is 0 Å². The molecule has 1 aliphatic rings. The van der Waals surface area contributed by atoms with Gasteiger partial charge in [0, 0.05) is 5.92 Å². The molecular weight excluding hydrogens is 266 g/mol. The van der Waals surface area contributed by atoms with Crippen LogP contribution in [0, 0.1) is 11.8 Å². The maximum absolute atomic E-state index is 3.49. The van der Waals surface area contributed by atoms with Crippen LogP contribution in [0.3, 0.4) is 0 Å². The third kappa shape index (κ3) is 3.78. The minimum Gasteiger partial charge on any atom is -0.317 e. The van der Waals surface area contributed by atoms with Crippen LogP contribution in [0.25, 0.3) is 0 Å². The van der Waals surface area contributed by atoms with Gasteiger partial charge in [-0.25, -0.2) is 0 Å². The first-order valence-electron chi connectivity index (χ1n) is 8.65. The Bertz CT molecular complexity index is 503. The van der Waals surface area contributed by atoms with Crippen molar-refractivity contribution in [1.82, 2.24) is 5.32 Å². The second-order valence-corrected chi connectivity index (χ2v) is 6.67. The smallest absolute Gasteiger partial charge is 0.00919 e. The van der Waals surface area contributed by atoms with E-state index in [1.165, 1.54) is 43.5 Å². The van der Waals surface area contributed by atoms with Gasteiger partial charge in [-0.15, -0.1) is 0 Å². The lowest BCUT2D eigenvalue weighted by molar-refractivity contribution is 0.257. The van der Waals surface area contributed by atoms with E-state index >= 15 is 0 Å². The zero-order chi connectivity index (χ0) is 15.2. The van der Waals surface area contributed by atoms with Crippen LogP contribution in [0.1, 0.15) is 43.2 Å². The summed E-state index contributed by atoms with van der Waals surface area (Å²) in [5.74, 6) is 2.16. The molecule has 22 heavy (non-hydrogen) atoms. The van der Waals surface area contributed by atoms with Gasteiger partial charge in [0.15, 0.2) is 0 Å². The fourth-order valence-electron chi connectivity index (χ4n) is 3.81. The lowest BCUT2D eigenvalue weighted by Gasteiger charge is -2.31. The fraction of sp³-hybridized carbons (Fsp3) is 0.429. The maximum atomic E-state index is 3.49. The SMILES string of the molecule is CC(CC(c1ccccc1)c1ccccc1)C1CCNCC1. The van der Waals surface area contributed by atoms with Crippen molar-refractivity contribution in [1.29, 1.82) is 0 Å². The van der Waals surface area contributed by atoms with E-state index in [1.807, 2.05) is 0 Å². The number of hydrogen-bond acceptors (Lipinski definition) is 1. The largest absolute Gasteiger partial charge is 0.317 e. The average Bonchev–Trinajstić information content (AvgIpc) is 2.62. The molecule has 1 heterocycles. The van der Waals surface area contributed by atoms with E-state index in [1.54, 1.807) is 0 Å². The predicted molar refractivity (Wildman–Crippen MR) is 94.1 cm³/mol. The molecule has 0 saturated carbocycles. The van der Waals surface area contributed by atoms with Gasteiger partial charge in [-0.1, -0.05) is 67.6 Å². The lowest BCUT2D eigenvalue weighted by atomic mass is 9.77. The van der Waals surface area contributed by atoms with Crippen molar-refractivity contribution in [2.24, 2.45) is 11.8 Å². The van der Waals surface area contributed by atoms with Crippen molar-refractivity contribution >= 4 is 0 Å². The molecule has 0 amide bonds. The quantitative estimate of drug-likeness (QED) is 0.831. The molecule has 1 N–H and O–H groups in total. The molecule has 116 valence electrons. The zero-order valence-electron chi connectivity index (χ0n) is 13.5. The van der Waals surface area contributed by atoms with E-state index < -0.39 is 0 Å². The molecule has 3 rings (SSSR count). The van der Waals surface area contributed by atoms with Crippen molar-refractivity contribution in [2.75, 3.05) is 13.1 Å². The Balaban J connectivity index is 1.79. The van der Waals surface area contributed by atoms with Gasteiger partial charge in [-0.05, 0) is 55.3 Å². The van der Waals surface area contributed by atoms with Crippen LogP contribution in [-0.2, 0) is 0 Å². The zero-order valence-corrected chi connectivity index (χ0v) is 13.5. The highest BCUT2D eigenvalue weighted by atomic mass is 14.9. The van der Waals surface area contributed by atoms with Crippen LogP contribution >= 0.6 is 0 Å². The molecule has 0 aliphatic carbocycles. The molecule has 0 spiro atoms. The molecule has 1 nitrogen and oxygen atoms in total. The molecule has 2 aromatic rings. The van der Waals surface area contributed by atoms with Gasteiger partial charge in [-0.2, -0.15) is 0 Å². The normalized spacial score (nSPS) is 17.5. The van der Waals surface area contributed by atoms with Crippen LogP contribution < -0.4 is 5.32 Å². The summed E-state index contributed by atoms with van der Waals surface area (Å²) in [5, 5.41) is 3.49. The molecule has 0 radical (unpaired) electrons. The maximum Gasteiger partial charge on any atom is 0.00919 e. The summed E-state index contributed by atoms with van der Waals surface area (Å²) in [7, 11) is 0. The Morgan fingerprint density at radius 3 is 1.86 bits per heavy atom. The Hall–Kier alpha value is -1.60. The van der Waals surface area contributed by atoms with Crippen LogP contribution in [0.2, 0.25) is 0 Å². The molecule has 1 saturated heterocycles. The number of hydrogen-bond donors (Lipinski definition) is 1. The summed E-state index contributed by atoms with van der Waals surface area (Å²) in [6.45, 7) is 4.83. The summed E-state index contributed by atoms with van der Waals surface area (Å²) in [6.07, 6.45) is 3.91. The molecular formula is C21H27N. The molecule has 1 fully saturated rings. The Kier molecular flexibility index (Phi) is 5.29. The van der Waals surface area contributed by atoms with Gasteiger partial charge < -0.3 is 5.32 Å².